The summed E-state index contributed by atoms with van der Waals surface area (Å²) in [7, 11) is 0. The maximum atomic E-state index is 12.5. The molecule has 1 aliphatic rings. The number of rotatable bonds is 2. The number of hydrogen-bond acceptors (Lipinski definition) is 2. The Kier molecular flexibility index (Phi) is 5.64. The number of carbonyl (C=O) groups is 1. The van der Waals surface area contributed by atoms with Gasteiger partial charge in [0.2, 0.25) is 0 Å². The zero-order valence-corrected chi connectivity index (χ0v) is 13.9. The number of phenols is 1. The third-order valence-corrected chi connectivity index (χ3v) is 4.23. The molecule has 2 aromatic carbocycles. The van der Waals surface area contributed by atoms with Crippen molar-refractivity contribution in [1.29, 1.82) is 0 Å². The number of aryl methyl sites for hydroxylation is 1. The van der Waals surface area contributed by atoms with Gasteiger partial charge in [0, 0.05) is 17.7 Å². The van der Waals surface area contributed by atoms with Crippen LogP contribution in [-0.2, 0) is 0 Å². The first-order chi connectivity index (χ1) is 10.6. The van der Waals surface area contributed by atoms with Crippen molar-refractivity contribution in [2.75, 3.05) is 26.2 Å². The number of quaternary nitrogens is 1. The highest BCUT2D eigenvalue weighted by Gasteiger charge is 2.25. The maximum absolute atomic E-state index is 12.5. The number of amides is 1. The smallest absolute Gasteiger partial charge is 0.254 e. The average Bonchev–Trinajstić information content (AvgIpc) is 2.56. The van der Waals surface area contributed by atoms with Gasteiger partial charge < -0.3 is 22.4 Å². The van der Waals surface area contributed by atoms with E-state index in [0.29, 0.717) is 0 Å². The van der Waals surface area contributed by atoms with Gasteiger partial charge in [-0.15, -0.1) is 0 Å². The SMILES string of the molecule is Cc1ccc(C(=O)N2CC[NH+](c3ccc(O)cc3)CC2)cc1.[Cl-]. The van der Waals surface area contributed by atoms with Crippen LogP contribution < -0.4 is 17.3 Å². The van der Waals surface area contributed by atoms with Gasteiger partial charge in [-0.25, -0.2) is 0 Å². The van der Waals surface area contributed by atoms with E-state index in [4.69, 9.17) is 0 Å². The van der Waals surface area contributed by atoms with E-state index in [2.05, 4.69) is 0 Å². The van der Waals surface area contributed by atoms with Crippen LogP contribution in [0.25, 0.3) is 0 Å². The topological polar surface area (TPSA) is 45.0 Å². The molecule has 5 heteroatoms. The van der Waals surface area contributed by atoms with Gasteiger partial charge in [0.05, 0.1) is 26.2 Å². The van der Waals surface area contributed by atoms with Crippen molar-refractivity contribution < 1.29 is 27.2 Å². The van der Waals surface area contributed by atoms with Crippen molar-refractivity contribution in [2.45, 2.75) is 6.92 Å². The van der Waals surface area contributed by atoms with Crippen LogP contribution in [0.4, 0.5) is 5.69 Å². The summed E-state index contributed by atoms with van der Waals surface area (Å²) in [4.78, 5) is 15.8. The molecule has 0 atom stereocenters. The Morgan fingerprint density at radius 3 is 2.13 bits per heavy atom. The first kappa shape index (κ1) is 17.3. The number of piperazine rings is 1. The van der Waals surface area contributed by atoms with E-state index >= 15 is 0 Å². The van der Waals surface area contributed by atoms with Crippen molar-refractivity contribution in [3.8, 4) is 5.75 Å². The van der Waals surface area contributed by atoms with Gasteiger partial charge in [-0.2, -0.15) is 0 Å². The number of aromatic hydroxyl groups is 1. The Hall–Kier alpha value is -2.04. The highest BCUT2D eigenvalue weighted by Crippen LogP contribution is 2.12. The molecule has 2 aromatic rings. The van der Waals surface area contributed by atoms with Crippen molar-refractivity contribution in [3.63, 3.8) is 0 Å². The molecule has 0 bridgehead atoms. The fourth-order valence-corrected chi connectivity index (χ4v) is 2.84. The normalized spacial score (nSPS) is 15.1. The molecule has 0 spiro atoms. The van der Waals surface area contributed by atoms with Crippen molar-refractivity contribution in [3.05, 3.63) is 59.7 Å². The van der Waals surface area contributed by atoms with Gasteiger partial charge in [-0.3, -0.25) is 9.69 Å². The molecular weight excluding hydrogens is 312 g/mol. The van der Waals surface area contributed by atoms with E-state index in [0.717, 1.165) is 37.3 Å². The number of carbonyl (C=O) groups excluding carboxylic acids is 1. The van der Waals surface area contributed by atoms with Crippen LogP contribution in [-0.4, -0.2) is 42.1 Å². The highest BCUT2D eigenvalue weighted by atomic mass is 35.5. The predicted molar refractivity (Wildman–Crippen MR) is 85.5 cm³/mol. The van der Waals surface area contributed by atoms with Crippen LogP contribution in [0.15, 0.2) is 48.5 Å². The summed E-state index contributed by atoms with van der Waals surface area (Å²) in [5, 5.41) is 9.35. The third-order valence-electron chi connectivity index (χ3n) is 4.23. The van der Waals surface area contributed by atoms with E-state index in [1.807, 2.05) is 48.2 Å². The lowest BCUT2D eigenvalue weighted by Gasteiger charge is -2.32. The van der Waals surface area contributed by atoms with Gasteiger partial charge in [0.1, 0.15) is 11.4 Å². The zero-order chi connectivity index (χ0) is 15.5. The summed E-state index contributed by atoms with van der Waals surface area (Å²) in [5.41, 5.74) is 3.09. The predicted octanol–water partition coefficient (Wildman–Crippen LogP) is -1.62. The second-order valence-electron chi connectivity index (χ2n) is 5.81. The fourth-order valence-electron chi connectivity index (χ4n) is 2.84. The molecule has 4 nitrogen and oxygen atoms in total. The highest BCUT2D eigenvalue weighted by molar-refractivity contribution is 5.94. The largest absolute Gasteiger partial charge is 1.00 e. The van der Waals surface area contributed by atoms with Crippen molar-refractivity contribution >= 4 is 11.6 Å². The average molecular weight is 333 g/mol. The van der Waals surface area contributed by atoms with Crippen LogP contribution in [0.1, 0.15) is 15.9 Å². The minimum Gasteiger partial charge on any atom is -1.00 e. The maximum Gasteiger partial charge on any atom is 0.254 e. The Balaban J connectivity index is 0.00000192. The molecule has 1 fully saturated rings. The monoisotopic (exact) mass is 332 g/mol. The molecule has 0 aliphatic carbocycles. The van der Waals surface area contributed by atoms with Gasteiger partial charge in [-0.1, -0.05) is 17.7 Å². The lowest BCUT2D eigenvalue weighted by Crippen LogP contribution is -3.10. The summed E-state index contributed by atoms with van der Waals surface area (Å²) in [6.45, 7) is 5.31. The van der Waals surface area contributed by atoms with Crippen molar-refractivity contribution in [1.82, 2.24) is 4.90 Å². The second kappa shape index (κ2) is 7.49. The molecule has 1 amide bonds. The summed E-state index contributed by atoms with van der Waals surface area (Å²) in [6, 6.07) is 15.1. The zero-order valence-electron chi connectivity index (χ0n) is 13.1. The molecule has 23 heavy (non-hydrogen) atoms. The lowest BCUT2D eigenvalue weighted by molar-refractivity contribution is -0.837. The molecule has 1 heterocycles. The van der Waals surface area contributed by atoms with Gasteiger partial charge >= 0.3 is 0 Å². The summed E-state index contributed by atoms with van der Waals surface area (Å²) >= 11 is 0. The molecule has 0 radical (unpaired) electrons. The standard InChI is InChI=1S/C18H20N2O2.ClH/c1-14-2-4-15(5-3-14)18(22)20-12-10-19(11-13-20)16-6-8-17(21)9-7-16;/h2-9,21H,10-13H2,1H3;1H. The number of hydrogen-bond donors (Lipinski definition) is 2. The Morgan fingerprint density at radius 2 is 1.57 bits per heavy atom. The molecule has 0 unspecified atom stereocenters. The number of benzene rings is 2. The molecule has 0 aromatic heterocycles. The quantitative estimate of drug-likeness (QED) is 0.649. The van der Waals surface area contributed by atoms with Gasteiger partial charge in [-0.05, 0) is 31.2 Å². The Bertz CT molecular complexity index is 648. The molecule has 0 saturated carbocycles. The molecule has 2 N–H and O–H groups in total. The lowest BCUT2D eigenvalue weighted by atomic mass is 10.1. The van der Waals surface area contributed by atoms with E-state index in [-0.39, 0.29) is 24.1 Å². The van der Waals surface area contributed by atoms with Crippen molar-refractivity contribution in [2.24, 2.45) is 0 Å². The molecule has 1 aliphatic heterocycles. The van der Waals surface area contributed by atoms with Gasteiger partial charge in [0.15, 0.2) is 0 Å². The van der Waals surface area contributed by atoms with E-state index in [1.165, 1.54) is 10.6 Å². The Labute approximate surface area is 142 Å². The third kappa shape index (κ3) is 4.03. The summed E-state index contributed by atoms with van der Waals surface area (Å²) < 4.78 is 0. The number of halogens is 1. The van der Waals surface area contributed by atoms with E-state index in [1.54, 1.807) is 12.1 Å². The van der Waals surface area contributed by atoms with Crippen LogP contribution in [0.2, 0.25) is 0 Å². The van der Waals surface area contributed by atoms with Crippen LogP contribution >= 0.6 is 0 Å². The van der Waals surface area contributed by atoms with Crippen LogP contribution in [0, 0.1) is 6.92 Å². The van der Waals surface area contributed by atoms with E-state index < -0.39 is 0 Å². The molecule has 122 valence electrons. The number of phenolic OH excluding ortho intramolecular Hbond substituents is 1. The van der Waals surface area contributed by atoms with E-state index in [9.17, 15) is 9.90 Å². The summed E-state index contributed by atoms with van der Waals surface area (Å²) in [6.07, 6.45) is 0. The van der Waals surface area contributed by atoms with Crippen LogP contribution in [0.5, 0.6) is 5.75 Å². The molecular formula is C18H21ClN2O2. The first-order valence-electron chi connectivity index (χ1n) is 7.63. The minimum absolute atomic E-state index is 0. The number of nitrogens with zero attached hydrogens (tertiary/aromatic N) is 1. The van der Waals surface area contributed by atoms with Crippen LogP contribution in [0.3, 0.4) is 0 Å². The first-order valence-corrected chi connectivity index (χ1v) is 7.63. The Morgan fingerprint density at radius 1 is 1.00 bits per heavy atom. The minimum atomic E-state index is 0. The summed E-state index contributed by atoms with van der Waals surface area (Å²) in [5.74, 6) is 0.404. The van der Waals surface area contributed by atoms with Gasteiger partial charge in [0.25, 0.3) is 5.91 Å². The molecule has 3 rings (SSSR count). The number of nitrogens with one attached hydrogen (secondary N) is 1. The second-order valence-corrected chi connectivity index (χ2v) is 5.81. The molecule has 1 saturated heterocycles. The fraction of sp³-hybridized carbons (Fsp3) is 0.278.